The van der Waals surface area contributed by atoms with Gasteiger partial charge in [0.2, 0.25) is 0 Å². The van der Waals surface area contributed by atoms with Crippen molar-refractivity contribution in [2.75, 3.05) is 11.9 Å². The summed E-state index contributed by atoms with van der Waals surface area (Å²) in [5, 5.41) is 12.4. The van der Waals surface area contributed by atoms with Crippen LogP contribution < -0.4 is 11.1 Å². The molecule has 1 heterocycles. The molecule has 0 radical (unpaired) electrons. The second kappa shape index (κ2) is 6.55. The summed E-state index contributed by atoms with van der Waals surface area (Å²) in [6.45, 7) is 2.19. The molecular weight excluding hydrogens is 266 g/mol. The van der Waals surface area contributed by atoms with E-state index in [0.29, 0.717) is 5.69 Å². The molecule has 1 aromatic carbocycles. The number of nitrogens with one attached hydrogen (secondary N) is 1. The number of amides is 1. The first kappa shape index (κ1) is 14.6. The standard InChI is InChI=1S/C16H15N3O2/c1-11-7-12(3-2-5-17)9-13(8-11)19-16(21)14-4-6-18-10-15(14)20/h4,6-10,20H,5,17H2,1H3,(H,19,21). The van der Waals surface area contributed by atoms with Gasteiger partial charge < -0.3 is 16.2 Å². The summed E-state index contributed by atoms with van der Waals surface area (Å²) in [7, 11) is 0. The van der Waals surface area contributed by atoms with Crippen LogP contribution in [-0.4, -0.2) is 22.5 Å². The number of hydrogen-bond acceptors (Lipinski definition) is 4. The third-order valence-electron chi connectivity index (χ3n) is 2.71. The van der Waals surface area contributed by atoms with Crippen molar-refractivity contribution in [1.82, 2.24) is 4.98 Å². The molecule has 0 saturated heterocycles. The number of hydrogen-bond donors (Lipinski definition) is 3. The minimum atomic E-state index is -0.404. The first-order valence-electron chi connectivity index (χ1n) is 6.35. The Morgan fingerprint density at radius 1 is 1.43 bits per heavy atom. The molecule has 5 nitrogen and oxygen atoms in total. The second-order valence-electron chi connectivity index (χ2n) is 4.44. The Balaban J connectivity index is 2.25. The Labute approximate surface area is 122 Å². The number of carbonyl (C=O) groups is 1. The minimum Gasteiger partial charge on any atom is -0.505 e. The van der Waals surface area contributed by atoms with E-state index < -0.39 is 5.91 Å². The summed E-state index contributed by atoms with van der Waals surface area (Å²) >= 11 is 0. The lowest BCUT2D eigenvalue weighted by Crippen LogP contribution is -2.12. The van der Waals surface area contributed by atoms with Gasteiger partial charge in [0, 0.05) is 17.4 Å². The lowest BCUT2D eigenvalue weighted by Gasteiger charge is -2.08. The Morgan fingerprint density at radius 2 is 2.24 bits per heavy atom. The number of benzene rings is 1. The third kappa shape index (κ3) is 3.81. The Kier molecular flexibility index (Phi) is 4.54. The van der Waals surface area contributed by atoms with E-state index in [9.17, 15) is 9.90 Å². The normalized spacial score (nSPS) is 9.62. The zero-order valence-electron chi connectivity index (χ0n) is 11.6. The highest BCUT2D eigenvalue weighted by molar-refractivity contribution is 6.06. The van der Waals surface area contributed by atoms with Crippen LogP contribution in [0, 0.1) is 18.8 Å². The van der Waals surface area contributed by atoms with E-state index in [1.165, 1.54) is 18.5 Å². The lowest BCUT2D eigenvalue weighted by molar-refractivity contribution is 0.102. The number of nitrogens with zero attached hydrogens (tertiary/aromatic N) is 1. The van der Waals surface area contributed by atoms with Gasteiger partial charge in [-0.25, -0.2) is 0 Å². The van der Waals surface area contributed by atoms with E-state index in [4.69, 9.17) is 5.73 Å². The molecule has 0 aliphatic rings. The molecule has 0 atom stereocenters. The van der Waals surface area contributed by atoms with Crippen LogP contribution in [0.15, 0.2) is 36.7 Å². The predicted octanol–water partition coefficient (Wildman–Crippen LogP) is 1.66. The first-order chi connectivity index (χ1) is 10.1. The van der Waals surface area contributed by atoms with Gasteiger partial charge in [-0.3, -0.25) is 9.78 Å². The molecule has 106 valence electrons. The third-order valence-corrected chi connectivity index (χ3v) is 2.71. The Hall–Kier alpha value is -2.84. The highest BCUT2D eigenvalue weighted by atomic mass is 16.3. The number of anilines is 1. The summed E-state index contributed by atoms with van der Waals surface area (Å²) in [6, 6.07) is 6.94. The van der Waals surface area contributed by atoms with E-state index in [2.05, 4.69) is 22.1 Å². The molecule has 0 spiro atoms. The predicted molar refractivity (Wildman–Crippen MR) is 81.0 cm³/mol. The number of pyridine rings is 1. The van der Waals surface area contributed by atoms with Crippen molar-refractivity contribution >= 4 is 11.6 Å². The highest BCUT2D eigenvalue weighted by Gasteiger charge is 2.11. The monoisotopic (exact) mass is 281 g/mol. The van der Waals surface area contributed by atoms with Gasteiger partial charge in [-0.05, 0) is 36.8 Å². The smallest absolute Gasteiger partial charge is 0.259 e. The molecule has 2 aromatic rings. The number of rotatable bonds is 2. The molecule has 5 heteroatoms. The maximum absolute atomic E-state index is 12.1. The summed E-state index contributed by atoms with van der Waals surface area (Å²) in [5.74, 6) is 5.13. The van der Waals surface area contributed by atoms with Crippen molar-refractivity contribution in [3.05, 3.63) is 53.3 Å². The average molecular weight is 281 g/mol. The van der Waals surface area contributed by atoms with Gasteiger partial charge in [0.05, 0.1) is 18.3 Å². The van der Waals surface area contributed by atoms with Crippen molar-refractivity contribution < 1.29 is 9.90 Å². The molecule has 2 rings (SSSR count). The van der Waals surface area contributed by atoms with Crippen LogP contribution in [0.1, 0.15) is 21.5 Å². The number of aromatic nitrogens is 1. The van der Waals surface area contributed by atoms with Crippen LogP contribution in [0.5, 0.6) is 5.75 Å². The molecule has 0 unspecified atom stereocenters. The molecule has 0 bridgehead atoms. The maximum atomic E-state index is 12.1. The van der Waals surface area contributed by atoms with Crippen molar-refractivity contribution in [3.8, 4) is 17.6 Å². The van der Waals surface area contributed by atoms with Crippen LogP contribution in [-0.2, 0) is 0 Å². The van der Waals surface area contributed by atoms with Gasteiger partial charge in [-0.15, -0.1) is 0 Å². The van der Waals surface area contributed by atoms with E-state index in [0.717, 1.165) is 11.1 Å². The summed E-state index contributed by atoms with van der Waals surface area (Å²) < 4.78 is 0. The molecule has 0 aliphatic carbocycles. The molecule has 4 N–H and O–H groups in total. The van der Waals surface area contributed by atoms with Crippen LogP contribution in [0.2, 0.25) is 0 Å². The van der Waals surface area contributed by atoms with E-state index in [-0.39, 0.29) is 17.9 Å². The van der Waals surface area contributed by atoms with E-state index in [1.807, 2.05) is 19.1 Å². The quantitative estimate of drug-likeness (QED) is 0.730. The molecule has 0 fully saturated rings. The zero-order valence-corrected chi connectivity index (χ0v) is 11.6. The number of aromatic hydroxyl groups is 1. The van der Waals surface area contributed by atoms with Gasteiger partial charge >= 0.3 is 0 Å². The fraction of sp³-hybridized carbons (Fsp3) is 0.125. The van der Waals surface area contributed by atoms with Gasteiger partial charge in [0.15, 0.2) is 0 Å². The fourth-order valence-corrected chi connectivity index (χ4v) is 1.86. The van der Waals surface area contributed by atoms with Crippen molar-refractivity contribution in [2.24, 2.45) is 5.73 Å². The number of nitrogens with two attached hydrogens (primary N) is 1. The second-order valence-corrected chi connectivity index (χ2v) is 4.44. The Bertz CT molecular complexity index is 730. The molecule has 21 heavy (non-hydrogen) atoms. The van der Waals surface area contributed by atoms with Crippen LogP contribution in [0.3, 0.4) is 0 Å². The zero-order chi connectivity index (χ0) is 15.2. The Morgan fingerprint density at radius 3 is 2.95 bits per heavy atom. The van der Waals surface area contributed by atoms with Gasteiger partial charge in [-0.2, -0.15) is 0 Å². The molecule has 0 saturated carbocycles. The molecule has 0 aliphatic heterocycles. The minimum absolute atomic E-state index is 0.161. The summed E-state index contributed by atoms with van der Waals surface area (Å²) in [5.41, 5.74) is 7.86. The maximum Gasteiger partial charge on any atom is 0.259 e. The summed E-state index contributed by atoms with van der Waals surface area (Å²) in [6.07, 6.45) is 2.67. The van der Waals surface area contributed by atoms with Crippen molar-refractivity contribution in [3.63, 3.8) is 0 Å². The lowest BCUT2D eigenvalue weighted by atomic mass is 10.1. The van der Waals surface area contributed by atoms with Crippen molar-refractivity contribution in [1.29, 1.82) is 0 Å². The highest BCUT2D eigenvalue weighted by Crippen LogP contribution is 2.18. The summed E-state index contributed by atoms with van der Waals surface area (Å²) in [4.78, 5) is 15.9. The van der Waals surface area contributed by atoms with Gasteiger partial charge in [0.25, 0.3) is 5.91 Å². The molecule has 1 amide bonds. The topological polar surface area (TPSA) is 88.2 Å². The average Bonchev–Trinajstić information content (AvgIpc) is 2.45. The SMILES string of the molecule is Cc1cc(C#CCN)cc(NC(=O)c2ccncc2O)c1. The van der Waals surface area contributed by atoms with Crippen molar-refractivity contribution in [2.45, 2.75) is 6.92 Å². The van der Waals surface area contributed by atoms with E-state index in [1.54, 1.807) is 6.07 Å². The van der Waals surface area contributed by atoms with Crippen LogP contribution in [0.25, 0.3) is 0 Å². The first-order valence-corrected chi connectivity index (χ1v) is 6.35. The largest absolute Gasteiger partial charge is 0.505 e. The number of carbonyl (C=O) groups excluding carboxylic acids is 1. The fourth-order valence-electron chi connectivity index (χ4n) is 1.86. The van der Waals surface area contributed by atoms with Gasteiger partial charge in [0.1, 0.15) is 5.75 Å². The number of aryl methyl sites for hydroxylation is 1. The molecular formula is C16H15N3O2. The van der Waals surface area contributed by atoms with Crippen LogP contribution in [0.4, 0.5) is 5.69 Å². The molecule has 1 aromatic heterocycles. The van der Waals surface area contributed by atoms with Gasteiger partial charge in [-0.1, -0.05) is 11.8 Å². The van der Waals surface area contributed by atoms with Crippen LogP contribution >= 0.6 is 0 Å². The van der Waals surface area contributed by atoms with E-state index >= 15 is 0 Å².